The minimum Gasteiger partial charge on any atom is -0.344 e. The molecule has 1 aromatic carbocycles. The van der Waals surface area contributed by atoms with Crippen molar-refractivity contribution in [3.05, 3.63) is 35.9 Å². The normalized spacial score (nSPS) is 18.1. The quantitative estimate of drug-likeness (QED) is 0.806. The van der Waals surface area contributed by atoms with Gasteiger partial charge in [0.1, 0.15) is 6.04 Å². The molecule has 0 aliphatic carbocycles. The van der Waals surface area contributed by atoms with Crippen molar-refractivity contribution in [2.24, 2.45) is 0 Å². The summed E-state index contributed by atoms with van der Waals surface area (Å²) < 4.78 is 0. The largest absolute Gasteiger partial charge is 0.344 e. The summed E-state index contributed by atoms with van der Waals surface area (Å²) in [6.45, 7) is 3.40. The van der Waals surface area contributed by atoms with Gasteiger partial charge in [-0.3, -0.25) is 9.59 Å². The molecule has 1 atom stereocenters. The van der Waals surface area contributed by atoms with Crippen LogP contribution < -0.4 is 0 Å². The molecule has 0 spiro atoms. The van der Waals surface area contributed by atoms with Crippen molar-refractivity contribution in [1.29, 1.82) is 0 Å². The third-order valence-corrected chi connectivity index (χ3v) is 4.03. The average molecular weight is 288 g/mol. The van der Waals surface area contributed by atoms with Crippen molar-refractivity contribution >= 4 is 11.8 Å². The molecule has 0 bridgehead atoms. The van der Waals surface area contributed by atoms with E-state index in [9.17, 15) is 9.59 Å². The third-order valence-electron chi connectivity index (χ3n) is 4.03. The summed E-state index contributed by atoms with van der Waals surface area (Å²) in [4.78, 5) is 28.1. The summed E-state index contributed by atoms with van der Waals surface area (Å²) in [6.07, 6.45) is 3.18. The van der Waals surface area contributed by atoms with Gasteiger partial charge in [0.15, 0.2) is 0 Å². The van der Waals surface area contributed by atoms with Crippen molar-refractivity contribution in [3.8, 4) is 0 Å². The molecule has 4 nitrogen and oxygen atoms in total. The van der Waals surface area contributed by atoms with E-state index in [-0.39, 0.29) is 17.9 Å². The van der Waals surface area contributed by atoms with Gasteiger partial charge in [-0.2, -0.15) is 0 Å². The molecule has 2 rings (SSSR count). The lowest BCUT2D eigenvalue weighted by Gasteiger charge is -2.28. The average Bonchev–Trinajstić information content (AvgIpc) is 2.86. The zero-order valence-electron chi connectivity index (χ0n) is 12.9. The topological polar surface area (TPSA) is 40.6 Å². The molecule has 4 heteroatoms. The molecule has 2 amide bonds. The van der Waals surface area contributed by atoms with Crippen LogP contribution in [0.3, 0.4) is 0 Å². The number of hydrogen-bond donors (Lipinski definition) is 0. The molecular weight excluding hydrogens is 264 g/mol. The monoisotopic (exact) mass is 288 g/mol. The predicted octanol–water partition coefficient (Wildman–Crippen LogP) is 2.44. The van der Waals surface area contributed by atoms with Gasteiger partial charge in [0.2, 0.25) is 11.8 Å². The number of amides is 2. The molecule has 114 valence electrons. The van der Waals surface area contributed by atoms with Crippen molar-refractivity contribution in [3.63, 3.8) is 0 Å². The molecule has 1 saturated heterocycles. The molecule has 21 heavy (non-hydrogen) atoms. The van der Waals surface area contributed by atoms with Crippen molar-refractivity contribution in [2.75, 3.05) is 13.6 Å². The van der Waals surface area contributed by atoms with Gasteiger partial charge in [-0.05, 0) is 18.4 Å². The fourth-order valence-corrected chi connectivity index (χ4v) is 2.73. The summed E-state index contributed by atoms with van der Waals surface area (Å²) >= 11 is 0. The Morgan fingerprint density at radius 2 is 2.05 bits per heavy atom. The zero-order valence-corrected chi connectivity index (χ0v) is 12.9. The zero-order chi connectivity index (χ0) is 15.2. The molecular formula is C17H24N2O2. The van der Waals surface area contributed by atoms with Crippen LogP contribution in [0, 0.1) is 0 Å². The lowest BCUT2D eigenvalue weighted by molar-refractivity contribution is -0.140. The van der Waals surface area contributed by atoms with Crippen LogP contribution in [-0.2, 0) is 16.1 Å². The first-order valence-corrected chi connectivity index (χ1v) is 7.72. The fourth-order valence-electron chi connectivity index (χ4n) is 2.73. The van der Waals surface area contributed by atoms with Crippen LogP contribution >= 0.6 is 0 Å². The SMILES string of the molecule is CCCCN(C)C(=O)C1CCC(=O)N1Cc1ccccc1. The number of unbranched alkanes of at least 4 members (excludes halogenated alkanes) is 1. The number of rotatable bonds is 6. The van der Waals surface area contributed by atoms with Crippen LogP contribution in [0.4, 0.5) is 0 Å². The van der Waals surface area contributed by atoms with Gasteiger partial charge < -0.3 is 9.80 Å². The Morgan fingerprint density at radius 1 is 1.33 bits per heavy atom. The number of benzene rings is 1. The molecule has 1 aliphatic heterocycles. The maximum atomic E-state index is 12.5. The molecule has 0 N–H and O–H groups in total. The second-order valence-corrected chi connectivity index (χ2v) is 5.68. The van der Waals surface area contributed by atoms with Crippen LogP contribution in [0.2, 0.25) is 0 Å². The summed E-state index contributed by atoms with van der Waals surface area (Å²) in [5, 5.41) is 0. The molecule has 0 aromatic heterocycles. The number of carbonyl (C=O) groups is 2. The van der Waals surface area contributed by atoms with E-state index in [1.54, 1.807) is 9.80 Å². The summed E-state index contributed by atoms with van der Waals surface area (Å²) in [7, 11) is 1.83. The Bertz CT molecular complexity index is 487. The minimum atomic E-state index is -0.292. The van der Waals surface area contributed by atoms with E-state index >= 15 is 0 Å². The number of carbonyl (C=O) groups excluding carboxylic acids is 2. The van der Waals surface area contributed by atoms with E-state index in [0.717, 1.165) is 24.9 Å². The molecule has 1 aliphatic rings. The van der Waals surface area contributed by atoms with Crippen LogP contribution in [0.25, 0.3) is 0 Å². The first kappa shape index (κ1) is 15.5. The van der Waals surface area contributed by atoms with Gasteiger partial charge in [-0.15, -0.1) is 0 Å². The van der Waals surface area contributed by atoms with Crippen LogP contribution in [-0.4, -0.2) is 41.2 Å². The smallest absolute Gasteiger partial charge is 0.245 e. The van der Waals surface area contributed by atoms with E-state index in [0.29, 0.717) is 19.4 Å². The van der Waals surface area contributed by atoms with E-state index in [1.165, 1.54) is 0 Å². The van der Waals surface area contributed by atoms with Gasteiger partial charge >= 0.3 is 0 Å². The highest BCUT2D eigenvalue weighted by molar-refractivity contribution is 5.90. The molecule has 1 unspecified atom stereocenters. The first-order chi connectivity index (χ1) is 10.1. The Morgan fingerprint density at radius 3 is 2.71 bits per heavy atom. The lowest BCUT2D eigenvalue weighted by Crippen LogP contribution is -2.45. The second-order valence-electron chi connectivity index (χ2n) is 5.68. The Labute approximate surface area is 126 Å². The summed E-state index contributed by atoms with van der Waals surface area (Å²) in [5.74, 6) is 0.159. The molecule has 0 saturated carbocycles. The van der Waals surface area contributed by atoms with Gasteiger partial charge in [0.25, 0.3) is 0 Å². The lowest BCUT2D eigenvalue weighted by atomic mass is 10.1. The fraction of sp³-hybridized carbons (Fsp3) is 0.529. The third kappa shape index (κ3) is 3.84. The van der Waals surface area contributed by atoms with Gasteiger partial charge in [0.05, 0.1) is 0 Å². The predicted molar refractivity (Wildman–Crippen MR) is 82.6 cm³/mol. The summed E-state index contributed by atoms with van der Waals surface area (Å²) in [5.41, 5.74) is 1.07. The molecule has 0 radical (unpaired) electrons. The summed E-state index contributed by atoms with van der Waals surface area (Å²) in [6, 6.07) is 9.57. The van der Waals surface area contributed by atoms with Crippen molar-refractivity contribution < 1.29 is 9.59 Å². The van der Waals surface area contributed by atoms with Crippen LogP contribution in [0.15, 0.2) is 30.3 Å². The van der Waals surface area contributed by atoms with Crippen molar-refractivity contribution in [2.45, 2.75) is 45.2 Å². The Kier molecular flexibility index (Phi) is 5.37. The molecule has 1 fully saturated rings. The highest BCUT2D eigenvalue weighted by Crippen LogP contribution is 2.23. The highest BCUT2D eigenvalue weighted by atomic mass is 16.2. The number of likely N-dealkylation sites (tertiary alicyclic amines) is 1. The maximum absolute atomic E-state index is 12.5. The van der Waals surface area contributed by atoms with Gasteiger partial charge in [-0.25, -0.2) is 0 Å². The van der Waals surface area contributed by atoms with Gasteiger partial charge in [0, 0.05) is 26.6 Å². The first-order valence-electron chi connectivity index (χ1n) is 7.72. The number of likely N-dealkylation sites (N-methyl/N-ethyl adjacent to an activating group) is 1. The van der Waals surface area contributed by atoms with E-state index < -0.39 is 0 Å². The molecule has 1 aromatic rings. The standard InChI is InChI=1S/C17H24N2O2/c1-3-4-12-18(2)17(21)15-10-11-16(20)19(15)13-14-8-6-5-7-9-14/h5-9,15H,3-4,10-13H2,1-2H3. The molecule has 1 heterocycles. The minimum absolute atomic E-state index is 0.0743. The van der Waals surface area contributed by atoms with Crippen LogP contribution in [0.1, 0.15) is 38.2 Å². The van der Waals surface area contributed by atoms with E-state index in [4.69, 9.17) is 0 Å². The number of hydrogen-bond acceptors (Lipinski definition) is 2. The highest BCUT2D eigenvalue weighted by Gasteiger charge is 2.37. The Hall–Kier alpha value is -1.84. The maximum Gasteiger partial charge on any atom is 0.245 e. The van der Waals surface area contributed by atoms with E-state index in [1.807, 2.05) is 37.4 Å². The second kappa shape index (κ2) is 7.25. The van der Waals surface area contributed by atoms with Crippen LogP contribution in [0.5, 0.6) is 0 Å². The number of nitrogens with zero attached hydrogens (tertiary/aromatic N) is 2. The van der Waals surface area contributed by atoms with Crippen molar-refractivity contribution in [1.82, 2.24) is 9.80 Å². The van der Waals surface area contributed by atoms with Gasteiger partial charge in [-0.1, -0.05) is 43.7 Å². The Balaban J connectivity index is 2.04. The van der Waals surface area contributed by atoms with E-state index in [2.05, 4.69) is 6.92 Å².